The number of hydrogen-bond acceptors (Lipinski definition) is 1. The summed E-state index contributed by atoms with van der Waals surface area (Å²) in [6.07, 6.45) is 5.07. The summed E-state index contributed by atoms with van der Waals surface area (Å²) < 4.78 is 2.24. The highest BCUT2D eigenvalue weighted by Crippen LogP contribution is 2.10. The predicted octanol–water partition coefficient (Wildman–Crippen LogP) is -0.550. The number of halogens is 1. The van der Waals surface area contributed by atoms with Gasteiger partial charge in [-0.3, -0.25) is 0 Å². The zero-order valence-corrected chi connectivity index (χ0v) is 10.9. The van der Waals surface area contributed by atoms with E-state index in [1.807, 2.05) is 24.4 Å². The van der Waals surface area contributed by atoms with Crippen LogP contribution < -0.4 is 21.5 Å². The van der Waals surface area contributed by atoms with Gasteiger partial charge in [-0.1, -0.05) is 13.0 Å². The predicted molar refractivity (Wildman–Crippen MR) is 60.2 cm³/mol. The van der Waals surface area contributed by atoms with E-state index in [2.05, 4.69) is 40.9 Å². The number of pyridine rings is 2. The van der Waals surface area contributed by atoms with E-state index in [4.69, 9.17) is 0 Å². The van der Waals surface area contributed by atoms with Crippen molar-refractivity contribution in [2.24, 2.45) is 0 Å². The van der Waals surface area contributed by atoms with Gasteiger partial charge in [0.25, 0.3) is 0 Å². The van der Waals surface area contributed by atoms with Crippen LogP contribution in [-0.2, 0) is 6.54 Å². The van der Waals surface area contributed by atoms with Gasteiger partial charge in [-0.15, -0.1) is 0 Å². The highest BCUT2D eigenvalue weighted by atomic mass is 79.9. The topological polar surface area (TPSA) is 16.8 Å². The molecule has 2 aromatic rings. The lowest BCUT2D eigenvalue weighted by atomic mass is 10.2. The van der Waals surface area contributed by atoms with Crippen LogP contribution in [0.3, 0.4) is 0 Å². The number of aromatic nitrogens is 2. The minimum Gasteiger partial charge on any atom is -1.00 e. The van der Waals surface area contributed by atoms with Crippen molar-refractivity contribution in [2.75, 3.05) is 0 Å². The Bertz CT molecular complexity index is 429. The van der Waals surface area contributed by atoms with E-state index >= 15 is 0 Å². The van der Waals surface area contributed by atoms with Gasteiger partial charge in [0, 0.05) is 24.8 Å². The van der Waals surface area contributed by atoms with Crippen LogP contribution in [0.25, 0.3) is 11.4 Å². The second kappa shape index (κ2) is 6.38. The lowest BCUT2D eigenvalue weighted by molar-refractivity contribution is -0.686. The van der Waals surface area contributed by atoms with Gasteiger partial charge >= 0.3 is 0 Å². The molecule has 0 amide bonds. The van der Waals surface area contributed by atoms with E-state index in [1.165, 1.54) is 5.69 Å². The minimum atomic E-state index is 0. The molecule has 0 aliphatic heterocycles. The van der Waals surface area contributed by atoms with Crippen molar-refractivity contribution in [3.05, 3.63) is 48.8 Å². The molecular weight excluding hydrogens is 264 g/mol. The maximum absolute atomic E-state index is 4.37. The highest BCUT2D eigenvalue weighted by molar-refractivity contribution is 5.49. The summed E-state index contributed by atoms with van der Waals surface area (Å²) in [7, 11) is 0. The summed E-state index contributed by atoms with van der Waals surface area (Å²) in [5.41, 5.74) is 2.21. The van der Waals surface area contributed by atoms with Crippen molar-refractivity contribution >= 4 is 0 Å². The molecule has 84 valence electrons. The number of aryl methyl sites for hydroxylation is 1. The Labute approximate surface area is 107 Å². The zero-order valence-electron chi connectivity index (χ0n) is 9.31. The van der Waals surface area contributed by atoms with Crippen molar-refractivity contribution in [3.8, 4) is 11.4 Å². The molecule has 0 atom stereocenters. The van der Waals surface area contributed by atoms with Gasteiger partial charge in [0.2, 0.25) is 5.69 Å². The largest absolute Gasteiger partial charge is 1.00 e. The molecule has 0 unspecified atom stereocenters. The molecule has 2 nitrogen and oxygen atoms in total. The molecule has 0 bridgehead atoms. The fourth-order valence-corrected chi connectivity index (χ4v) is 1.66. The molecule has 0 aliphatic carbocycles. The molecule has 16 heavy (non-hydrogen) atoms. The van der Waals surface area contributed by atoms with Gasteiger partial charge in [0.1, 0.15) is 12.2 Å². The summed E-state index contributed by atoms with van der Waals surface area (Å²) >= 11 is 0. The highest BCUT2D eigenvalue weighted by Gasteiger charge is 2.11. The van der Waals surface area contributed by atoms with Crippen LogP contribution in [-0.4, -0.2) is 4.98 Å². The van der Waals surface area contributed by atoms with Gasteiger partial charge < -0.3 is 17.0 Å². The van der Waals surface area contributed by atoms with Crippen LogP contribution in [0.5, 0.6) is 0 Å². The number of hydrogen-bond donors (Lipinski definition) is 0. The summed E-state index contributed by atoms with van der Waals surface area (Å²) in [6, 6.07) is 12.2. The Morgan fingerprint density at radius 2 is 1.94 bits per heavy atom. The van der Waals surface area contributed by atoms with Crippen molar-refractivity contribution < 1.29 is 21.5 Å². The average molecular weight is 279 g/mol. The fraction of sp³-hybridized carbons (Fsp3) is 0.231. The standard InChI is InChI=1S/C13H15N2.BrH/c1-2-10-15-11-6-4-8-13(15)12-7-3-5-9-14-12;/h3-9,11H,2,10H2,1H3;1H/q+1;/p-1. The van der Waals surface area contributed by atoms with E-state index in [0.717, 1.165) is 18.7 Å². The van der Waals surface area contributed by atoms with E-state index in [1.54, 1.807) is 0 Å². The number of nitrogens with zero attached hydrogens (tertiary/aromatic N) is 2. The molecule has 3 heteroatoms. The summed E-state index contributed by atoms with van der Waals surface area (Å²) in [4.78, 5) is 4.37. The fourth-order valence-electron chi connectivity index (χ4n) is 1.66. The molecule has 0 aliphatic rings. The molecular formula is C13H15BrN2. The van der Waals surface area contributed by atoms with Gasteiger partial charge in [-0.05, 0) is 18.2 Å². The second-order valence-corrected chi connectivity index (χ2v) is 3.49. The first-order valence-corrected chi connectivity index (χ1v) is 5.31. The van der Waals surface area contributed by atoms with Gasteiger partial charge in [-0.2, -0.15) is 4.57 Å². The normalized spacial score (nSPS) is 9.56. The molecule has 0 spiro atoms. The third-order valence-corrected chi connectivity index (χ3v) is 2.33. The Hall–Kier alpha value is -1.22. The third kappa shape index (κ3) is 2.89. The van der Waals surface area contributed by atoms with E-state index in [0.29, 0.717) is 0 Å². The average Bonchev–Trinajstić information content (AvgIpc) is 2.31. The van der Waals surface area contributed by atoms with Crippen LogP contribution in [0.4, 0.5) is 0 Å². The maximum Gasteiger partial charge on any atom is 0.231 e. The van der Waals surface area contributed by atoms with Crippen molar-refractivity contribution in [1.29, 1.82) is 0 Å². The molecule has 2 rings (SSSR count). The van der Waals surface area contributed by atoms with Crippen molar-refractivity contribution in [3.63, 3.8) is 0 Å². The smallest absolute Gasteiger partial charge is 0.231 e. The van der Waals surface area contributed by atoms with Gasteiger partial charge in [-0.25, -0.2) is 4.98 Å². The first kappa shape index (κ1) is 12.8. The third-order valence-electron chi connectivity index (χ3n) is 2.33. The maximum atomic E-state index is 4.37. The van der Waals surface area contributed by atoms with E-state index < -0.39 is 0 Å². The first-order chi connectivity index (χ1) is 7.42. The van der Waals surface area contributed by atoms with E-state index in [-0.39, 0.29) is 17.0 Å². The van der Waals surface area contributed by atoms with Crippen LogP contribution in [0.2, 0.25) is 0 Å². The summed E-state index contributed by atoms with van der Waals surface area (Å²) in [5, 5.41) is 0. The van der Waals surface area contributed by atoms with Crippen molar-refractivity contribution in [2.45, 2.75) is 19.9 Å². The Balaban J connectivity index is 0.00000128. The van der Waals surface area contributed by atoms with E-state index in [9.17, 15) is 0 Å². The van der Waals surface area contributed by atoms with Crippen LogP contribution in [0.15, 0.2) is 48.8 Å². The molecule has 0 saturated carbocycles. The number of rotatable bonds is 3. The molecule has 0 saturated heterocycles. The summed E-state index contributed by atoms with van der Waals surface area (Å²) in [6.45, 7) is 3.22. The molecule has 0 aromatic carbocycles. The Kier molecular flexibility index (Phi) is 5.12. The van der Waals surface area contributed by atoms with Crippen LogP contribution >= 0.6 is 0 Å². The quantitative estimate of drug-likeness (QED) is 0.689. The second-order valence-electron chi connectivity index (χ2n) is 3.49. The monoisotopic (exact) mass is 278 g/mol. The summed E-state index contributed by atoms with van der Waals surface area (Å²) in [5.74, 6) is 0. The minimum absolute atomic E-state index is 0. The lowest BCUT2D eigenvalue weighted by Crippen LogP contribution is -3.00. The van der Waals surface area contributed by atoms with Crippen LogP contribution in [0.1, 0.15) is 13.3 Å². The molecule has 2 aromatic heterocycles. The van der Waals surface area contributed by atoms with Gasteiger partial charge in [0.05, 0.1) is 0 Å². The molecule has 0 radical (unpaired) electrons. The Morgan fingerprint density at radius 1 is 1.12 bits per heavy atom. The van der Waals surface area contributed by atoms with Gasteiger partial charge in [0.15, 0.2) is 6.20 Å². The Morgan fingerprint density at radius 3 is 2.62 bits per heavy atom. The molecule has 0 N–H and O–H groups in total. The first-order valence-electron chi connectivity index (χ1n) is 5.31. The van der Waals surface area contributed by atoms with Crippen molar-refractivity contribution in [1.82, 2.24) is 4.98 Å². The van der Waals surface area contributed by atoms with Crippen LogP contribution in [0, 0.1) is 0 Å². The lowest BCUT2D eigenvalue weighted by Gasteiger charge is -2.01. The molecule has 0 fully saturated rings. The SMILES string of the molecule is CCC[n+]1ccccc1-c1ccccn1.[Br-]. The molecule has 2 heterocycles. The zero-order chi connectivity index (χ0) is 10.5.